The smallest absolute Gasteiger partial charge is 0.0946 e. The number of nitrogens with one attached hydrogen (secondary N) is 1. The highest BCUT2D eigenvalue weighted by molar-refractivity contribution is 7.11. The molecule has 0 bridgehead atoms. The van der Waals surface area contributed by atoms with Gasteiger partial charge < -0.3 is 15.1 Å². The zero-order valence-corrected chi connectivity index (χ0v) is 14.3. The third kappa shape index (κ3) is 4.01. The monoisotopic (exact) mass is 296 g/mol. The van der Waals surface area contributed by atoms with Gasteiger partial charge in [-0.2, -0.15) is 0 Å². The van der Waals surface area contributed by atoms with Crippen molar-refractivity contribution in [3.63, 3.8) is 0 Å². The van der Waals surface area contributed by atoms with Crippen LogP contribution in [0.4, 0.5) is 0 Å². The number of hydrogen-bond donors (Lipinski definition) is 1. The van der Waals surface area contributed by atoms with E-state index in [0.29, 0.717) is 12.1 Å². The molecule has 1 N–H and O–H groups in total. The Morgan fingerprint density at radius 2 is 2.10 bits per heavy atom. The average molecular weight is 296 g/mol. The van der Waals surface area contributed by atoms with E-state index in [9.17, 15) is 0 Å². The van der Waals surface area contributed by atoms with Crippen molar-refractivity contribution < 1.29 is 0 Å². The number of hydrogen-bond acceptors (Lipinski definition) is 5. The fourth-order valence-electron chi connectivity index (χ4n) is 2.82. The maximum atomic E-state index is 4.68. The summed E-state index contributed by atoms with van der Waals surface area (Å²) in [5.74, 6) is 0. The summed E-state index contributed by atoms with van der Waals surface area (Å²) in [6.45, 7) is 7.79. The van der Waals surface area contributed by atoms with Gasteiger partial charge in [0.1, 0.15) is 0 Å². The molecule has 2 unspecified atom stereocenters. The third-order valence-corrected chi connectivity index (χ3v) is 5.53. The Kier molecular flexibility index (Phi) is 5.55. The lowest BCUT2D eigenvalue weighted by Crippen LogP contribution is -2.52. The SMILES string of the molecule is CNC(Cc1nc(C)c(C)s1)CC1CN(C)CCN1C. The summed E-state index contributed by atoms with van der Waals surface area (Å²) in [5, 5.41) is 4.75. The molecule has 0 amide bonds. The van der Waals surface area contributed by atoms with Gasteiger partial charge in [-0.25, -0.2) is 4.98 Å². The third-order valence-electron chi connectivity index (χ3n) is 4.44. The Morgan fingerprint density at radius 3 is 2.70 bits per heavy atom. The number of nitrogens with zero attached hydrogens (tertiary/aromatic N) is 3. The van der Waals surface area contributed by atoms with E-state index in [1.807, 2.05) is 11.3 Å². The topological polar surface area (TPSA) is 31.4 Å². The molecule has 2 atom stereocenters. The van der Waals surface area contributed by atoms with Crippen LogP contribution < -0.4 is 5.32 Å². The van der Waals surface area contributed by atoms with Crippen molar-refractivity contribution >= 4 is 11.3 Å². The molecule has 2 heterocycles. The molecule has 0 spiro atoms. The number of aromatic nitrogens is 1. The molecule has 1 aliphatic heterocycles. The van der Waals surface area contributed by atoms with E-state index in [4.69, 9.17) is 0 Å². The number of likely N-dealkylation sites (N-methyl/N-ethyl adjacent to an activating group) is 3. The molecule has 0 radical (unpaired) electrons. The molecule has 1 saturated heterocycles. The fourth-order valence-corrected chi connectivity index (χ4v) is 3.84. The molecule has 1 aromatic rings. The summed E-state index contributed by atoms with van der Waals surface area (Å²) in [5.41, 5.74) is 1.19. The molecule has 1 aromatic heterocycles. The second-order valence-corrected chi connectivity index (χ2v) is 7.36. The van der Waals surface area contributed by atoms with Crippen LogP contribution >= 0.6 is 11.3 Å². The minimum Gasteiger partial charge on any atom is -0.317 e. The van der Waals surface area contributed by atoms with Crippen LogP contribution in [-0.4, -0.2) is 67.6 Å². The number of thiazole rings is 1. The van der Waals surface area contributed by atoms with Crippen molar-refractivity contribution in [2.45, 2.75) is 38.8 Å². The average Bonchev–Trinajstić information content (AvgIpc) is 2.72. The predicted octanol–water partition coefficient (Wildman–Crippen LogP) is 1.53. The van der Waals surface area contributed by atoms with Gasteiger partial charge in [-0.3, -0.25) is 0 Å². The highest BCUT2D eigenvalue weighted by atomic mass is 32.1. The first kappa shape index (κ1) is 15.9. The number of rotatable bonds is 5. The zero-order valence-electron chi connectivity index (χ0n) is 13.4. The van der Waals surface area contributed by atoms with E-state index in [-0.39, 0.29) is 0 Å². The van der Waals surface area contributed by atoms with E-state index in [2.05, 4.69) is 55.1 Å². The van der Waals surface area contributed by atoms with Crippen LogP contribution in [0.15, 0.2) is 0 Å². The second kappa shape index (κ2) is 6.98. The van der Waals surface area contributed by atoms with Gasteiger partial charge in [0.15, 0.2) is 0 Å². The normalized spacial score (nSPS) is 23.1. The first-order valence-electron chi connectivity index (χ1n) is 7.48. The van der Waals surface area contributed by atoms with Crippen molar-refractivity contribution in [3.05, 3.63) is 15.6 Å². The molecule has 1 aliphatic rings. The van der Waals surface area contributed by atoms with Gasteiger partial charge in [0, 0.05) is 43.0 Å². The Labute approximate surface area is 127 Å². The van der Waals surface area contributed by atoms with Crippen molar-refractivity contribution in [3.8, 4) is 0 Å². The van der Waals surface area contributed by atoms with Crippen LogP contribution in [0.25, 0.3) is 0 Å². The van der Waals surface area contributed by atoms with Gasteiger partial charge in [-0.15, -0.1) is 11.3 Å². The summed E-state index contributed by atoms with van der Waals surface area (Å²) >= 11 is 1.85. The van der Waals surface area contributed by atoms with E-state index in [0.717, 1.165) is 6.42 Å². The van der Waals surface area contributed by atoms with Crippen LogP contribution in [0.2, 0.25) is 0 Å². The van der Waals surface area contributed by atoms with Crippen LogP contribution in [-0.2, 0) is 6.42 Å². The number of aryl methyl sites for hydroxylation is 2. The highest BCUT2D eigenvalue weighted by Crippen LogP contribution is 2.20. The van der Waals surface area contributed by atoms with Crippen LogP contribution in [0.1, 0.15) is 22.0 Å². The lowest BCUT2D eigenvalue weighted by Gasteiger charge is -2.39. The summed E-state index contributed by atoms with van der Waals surface area (Å²) in [6.07, 6.45) is 2.24. The lowest BCUT2D eigenvalue weighted by atomic mass is 10.0. The van der Waals surface area contributed by atoms with Gasteiger partial charge in [-0.1, -0.05) is 0 Å². The predicted molar refractivity (Wildman–Crippen MR) is 86.7 cm³/mol. The Morgan fingerprint density at radius 1 is 1.35 bits per heavy atom. The maximum absolute atomic E-state index is 4.68. The fraction of sp³-hybridized carbons (Fsp3) is 0.800. The van der Waals surface area contributed by atoms with Crippen molar-refractivity contribution in [2.75, 3.05) is 40.8 Å². The van der Waals surface area contributed by atoms with Gasteiger partial charge in [0.05, 0.1) is 10.7 Å². The standard InChI is InChI=1S/C15H28N4S/c1-11-12(2)20-15(17-11)9-13(16-3)8-14-10-18(4)6-7-19(14)5/h13-14,16H,6-10H2,1-5H3. The minimum atomic E-state index is 0.513. The molecule has 1 fully saturated rings. The van der Waals surface area contributed by atoms with Crippen molar-refractivity contribution in [1.82, 2.24) is 20.1 Å². The largest absolute Gasteiger partial charge is 0.317 e. The Hall–Kier alpha value is -0.490. The first-order chi connectivity index (χ1) is 9.49. The Bertz CT molecular complexity index is 412. The minimum absolute atomic E-state index is 0.513. The lowest BCUT2D eigenvalue weighted by molar-refractivity contribution is 0.102. The van der Waals surface area contributed by atoms with Crippen molar-refractivity contribution in [2.24, 2.45) is 0 Å². The molecule has 0 saturated carbocycles. The zero-order chi connectivity index (χ0) is 14.7. The highest BCUT2D eigenvalue weighted by Gasteiger charge is 2.25. The van der Waals surface area contributed by atoms with Gasteiger partial charge in [-0.05, 0) is 41.4 Å². The van der Waals surface area contributed by atoms with Gasteiger partial charge in [0.2, 0.25) is 0 Å². The molecular formula is C15H28N4S. The second-order valence-electron chi connectivity index (χ2n) is 6.07. The first-order valence-corrected chi connectivity index (χ1v) is 8.30. The molecule has 5 heteroatoms. The molecule has 20 heavy (non-hydrogen) atoms. The molecular weight excluding hydrogens is 268 g/mol. The van der Waals surface area contributed by atoms with Crippen LogP contribution in [0.3, 0.4) is 0 Å². The van der Waals surface area contributed by atoms with E-state index in [1.165, 1.54) is 41.6 Å². The summed E-state index contributed by atoms with van der Waals surface area (Å²) in [4.78, 5) is 11.0. The number of piperazine rings is 1. The molecule has 4 nitrogen and oxygen atoms in total. The van der Waals surface area contributed by atoms with Crippen LogP contribution in [0.5, 0.6) is 0 Å². The summed E-state index contributed by atoms with van der Waals surface area (Å²) < 4.78 is 0. The Balaban J connectivity index is 1.94. The van der Waals surface area contributed by atoms with E-state index < -0.39 is 0 Å². The summed E-state index contributed by atoms with van der Waals surface area (Å²) in [7, 11) is 6.55. The molecule has 0 aliphatic carbocycles. The molecule has 2 rings (SSSR count). The summed E-state index contributed by atoms with van der Waals surface area (Å²) in [6, 6.07) is 1.16. The van der Waals surface area contributed by atoms with Gasteiger partial charge >= 0.3 is 0 Å². The van der Waals surface area contributed by atoms with Crippen molar-refractivity contribution in [1.29, 1.82) is 0 Å². The molecule has 114 valence electrons. The maximum Gasteiger partial charge on any atom is 0.0946 e. The molecule has 0 aromatic carbocycles. The van der Waals surface area contributed by atoms with E-state index in [1.54, 1.807) is 0 Å². The van der Waals surface area contributed by atoms with Gasteiger partial charge in [0.25, 0.3) is 0 Å². The quantitative estimate of drug-likeness (QED) is 0.893. The van der Waals surface area contributed by atoms with E-state index >= 15 is 0 Å². The van der Waals surface area contributed by atoms with Crippen LogP contribution in [0, 0.1) is 13.8 Å².